The third-order valence-corrected chi connectivity index (χ3v) is 6.31. The number of nitrogens with zero attached hydrogens (tertiary/aromatic N) is 2. The summed E-state index contributed by atoms with van der Waals surface area (Å²) in [6.45, 7) is 2.84. The molecule has 1 aliphatic heterocycles. The molecule has 1 unspecified atom stereocenters. The average Bonchev–Trinajstić information content (AvgIpc) is 2.61. The van der Waals surface area contributed by atoms with E-state index in [1.165, 1.54) is 22.5 Å². The van der Waals surface area contributed by atoms with Gasteiger partial charge in [-0.3, -0.25) is 0 Å². The third-order valence-electron chi connectivity index (χ3n) is 4.36. The van der Waals surface area contributed by atoms with Crippen molar-refractivity contribution >= 4 is 22.4 Å². The standard InChI is InChI=1S/C18H18FN3O2S.ClH/c1-13-4-2-7-18(16(13)11-20)25(23,24)22-9-8-21-12-17(22)14-5-3-6-15(19)10-14;/h2-7,10,17,21H,8-9,12H2,1H3;1H. The van der Waals surface area contributed by atoms with Gasteiger partial charge in [-0.15, -0.1) is 12.4 Å². The summed E-state index contributed by atoms with van der Waals surface area (Å²) in [5.74, 6) is -0.409. The lowest BCUT2D eigenvalue weighted by molar-refractivity contribution is 0.271. The van der Waals surface area contributed by atoms with Gasteiger partial charge in [-0.25, -0.2) is 12.8 Å². The molecule has 0 radical (unpaired) electrons. The van der Waals surface area contributed by atoms with Gasteiger partial charge < -0.3 is 5.32 Å². The summed E-state index contributed by atoms with van der Waals surface area (Å²) in [6.07, 6.45) is 0. The normalized spacial score (nSPS) is 18.0. The first-order valence-electron chi connectivity index (χ1n) is 7.93. The van der Waals surface area contributed by atoms with Crippen LogP contribution in [0.4, 0.5) is 4.39 Å². The minimum atomic E-state index is -3.89. The van der Waals surface area contributed by atoms with Crippen LogP contribution in [0.1, 0.15) is 22.7 Å². The van der Waals surface area contributed by atoms with Crippen LogP contribution in [-0.4, -0.2) is 32.4 Å². The predicted molar refractivity (Wildman–Crippen MR) is 99.0 cm³/mol. The second kappa shape index (κ2) is 8.14. The van der Waals surface area contributed by atoms with Gasteiger partial charge in [0.15, 0.2) is 0 Å². The highest BCUT2D eigenvalue weighted by atomic mass is 35.5. The fourth-order valence-electron chi connectivity index (χ4n) is 3.10. The van der Waals surface area contributed by atoms with Crippen molar-refractivity contribution in [1.82, 2.24) is 9.62 Å². The molecule has 1 saturated heterocycles. The van der Waals surface area contributed by atoms with E-state index >= 15 is 0 Å². The van der Waals surface area contributed by atoms with Crippen LogP contribution >= 0.6 is 12.4 Å². The highest BCUT2D eigenvalue weighted by Gasteiger charge is 2.36. The molecular formula is C18H19ClFN3O2S. The van der Waals surface area contributed by atoms with Crippen molar-refractivity contribution in [2.45, 2.75) is 17.9 Å². The van der Waals surface area contributed by atoms with Crippen molar-refractivity contribution in [3.63, 3.8) is 0 Å². The summed E-state index contributed by atoms with van der Waals surface area (Å²) < 4.78 is 41.4. The topological polar surface area (TPSA) is 73.2 Å². The maximum absolute atomic E-state index is 13.6. The summed E-state index contributed by atoms with van der Waals surface area (Å²) in [5.41, 5.74) is 1.35. The molecule has 0 bridgehead atoms. The van der Waals surface area contributed by atoms with Gasteiger partial charge in [-0.05, 0) is 36.2 Å². The van der Waals surface area contributed by atoms with Crippen molar-refractivity contribution in [3.05, 3.63) is 65.0 Å². The van der Waals surface area contributed by atoms with Gasteiger partial charge in [0.2, 0.25) is 10.0 Å². The van der Waals surface area contributed by atoms with Crippen LogP contribution in [0, 0.1) is 24.1 Å². The second-order valence-electron chi connectivity index (χ2n) is 5.95. The van der Waals surface area contributed by atoms with E-state index in [1.807, 2.05) is 6.07 Å². The van der Waals surface area contributed by atoms with Gasteiger partial charge in [-0.2, -0.15) is 9.57 Å². The summed E-state index contributed by atoms with van der Waals surface area (Å²) in [4.78, 5) is -0.00157. The number of hydrogen-bond acceptors (Lipinski definition) is 4. The fraction of sp³-hybridized carbons (Fsp3) is 0.278. The zero-order chi connectivity index (χ0) is 18.0. The van der Waals surface area contributed by atoms with Crippen molar-refractivity contribution < 1.29 is 12.8 Å². The fourth-order valence-corrected chi connectivity index (χ4v) is 4.93. The number of piperazine rings is 1. The minimum absolute atomic E-state index is 0. The van der Waals surface area contributed by atoms with Gasteiger partial charge in [0.05, 0.1) is 11.6 Å². The Balaban J connectivity index is 0.00000243. The SMILES string of the molecule is Cc1cccc(S(=O)(=O)N2CCNCC2c2cccc(F)c2)c1C#N.Cl. The zero-order valence-electron chi connectivity index (χ0n) is 14.1. The lowest BCUT2D eigenvalue weighted by atomic mass is 10.1. The molecule has 138 valence electrons. The highest BCUT2D eigenvalue weighted by Crippen LogP contribution is 2.31. The van der Waals surface area contributed by atoms with Crippen LogP contribution in [0.15, 0.2) is 47.4 Å². The molecule has 1 fully saturated rings. The summed E-state index contributed by atoms with van der Waals surface area (Å²) in [7, 11) is -3.89. The van der Waals surface area contributed by atoms with E-state index in [0.717, 1.165) is 0 Å². The van der Waals surface area contributed by atoms with E-state index in [9.17, 15) is 18.1 Å². The number of nitriles is 1. The molecular weight excluding hydrogens is 377 g/mol. The van der Waals surface area contributed by atoms with E-state index in [2.05, 4.69) is 5.32 Å². The number of sulfonamides is 1. The first-order valence-corrected chi connectivity index (χ1v) is 9.37. The number of rotatable bonds is 3. The zero-order valence-corrected chi connectivity index (χ0v) is 15.8. The van der Waals surface area contributed by atoms with Gasteiger partial charge >= 0.3 is 0 Å². The molecule has 0 aromatic heterocycles. The molecule has 2 aromatic carbocycles. The van der Waals surface area contributed by atoms with Crippen LogP contribution in [0.3, 0.4) is 0 Å². The van der Waals surface area contributed by atoms with E-state index in [-0.39, 0.29) is 29.4 Å². The Morgan fingerprint density at radius 3 is 2.69 bits per heavy atom. The van der Waals surface area contributed by atoms with Crippen LogP contribution in [0.25, 0.3) is 0 Å². The van der Waals surface area contributed by atoms with E-state index in [4.69, 9.17) is 0 Å². The molecule has 0 saturated carbocycles. The summed E-state index contributed by atoms with van der Waals surface area (Å²) in [6, 6.07) is 12.2. The number of benzene rings is 2. The molecule has 3 rings (SSSR count). The van der Waals surface area contributed by atoms with Gasteiger partial charge in [0, 0.05) is 19.6 Å². The summed E-state index contributed by atoms with van der Waals surface area (Å²) in [5, 5.41) is 12.5. The number of nitrogens with one attached hydrogen (secondary N) is 1. The monoisotopic (exact) mass is 395 g/mol. The van der Waals surface area contributed by atoms with Crippen LogP contribution in [0.2, 0.25) is 0 Å². The van der Waals surface area contributed by atoms with Crippen molar-refractivity contribution in [2.24, 2.45) is 0 Å². The molecule has 2 aromatic rings. The molecule has 8 heteroatoms. The Bertz CT molecular complexity index is 944. The van der Waals surface area contributed by atoms with Crippen molar-refractivity contribution in [2.75, 3.05) is 19.6 Å². The minimum Gasteiger partial charge on any atom is -0.313 e. The van der Waals surface area contributed by atoms with E-state index < -0.39 is 21.9 Å². The predicted octanol–water partition coefficient (Wildman–Crippen LogP) is 2.76. The number of aryl methyl sites for hydroxylation is 1. The Kier molecular flexibility index (Phi) is 6.37. The van der Waals surface area contributed by atoms with E-state index in [1.54, 1.807) is 31.2 Å². The second-order valence-corrected chi connectivity index (χ2v) is 7.81. The molecule has 0 aliphatic carbocycles. The van der Waals surface area contributed by atoms with Crippen LogP contribution < -0.4 is 5.32 Å². The quantitative estimate of drug-likeness (QED) is 0.867. The maximum atomic E-state index is 13.6. The smallest absolute Gasteiger partial charge is 0.245 e. The third kappa shape index (κ3) is 3.74. The van der Waals surface area contributed by atoms with Gasteiger partial charge in [-0.1, -0.05) is 24.3 Å². The van der Waals surface area contributed by atoms with Gasteiger partial charge in [0.1, 0.15) is 16.8 Å². The average molecular weight is 396 g/mol. The first-order chi connectivity index (χ1) is 11.9. The lowest BCUT2D eigenvalue weighted by Gasteiger charge is -2.35. The molecule has 5 nitrogen and oxygen atoms in total. The van der Waals surface area contributed by atoms with Gasteiger partial charge in [0.25, 0.3) is 0 Å². The Hall–Kier alpha value is -1.98. The Morgan fingerprint density at radius 1 is 1.27 bits per heavy atom. The number of halogens is 2. The molecule has 1 atom stereocenters. The van der Waals surface area contributed by atoms with E-state index in [0.29, 0.717) is 24.2 Å². The molecule has 1 heterocycles. The number of hydrogen-bond donors (Lipinski definition) is 1. The van der Waals surface area contributed by atoms with Crippen molar-refractivity contribution in [1.29, 1.82) is 5.26 Å². The first kappa shape index (κ1) is 20.3. The molecule has 1 N–H and O–H groups in total. The van der Waals surface area contributed by atoms with Crippen LogP contribution in [-0.2, 0) is 10.0 Å². The maximum Gasteiger partial charge on any atom is 0.245 e. The highest BCUT2D eigenvalue weighted by molar-refractivity contribution is 7.89. The lowest BCUT2D eigenvalue weighted by Crippen LogP contribution is -2.48. The molecule has 0 spiro atoms. The molecule has 1 aliphatic rings. The molecule has 26 heavy (non-hydrogen) atoms. The Labute approximate surface area is 158 Å². The largest absolute Gasteiger partial charge is 0.313 e. The van der Waals surface area contributed by atoms with Crippen molar-refractivity contribution in [3.8, 4) is 6.07 Å². The summed E-state index contributed by atoms with van der Waals surface area (Å²) >= 11 is 0. The van der Waals surface area contributed by atoms with Crippen LogP contribution in [0.5, 0.6) is 0 Å². The molecule has 0 amide bonds. The Morgan fingerprint density at radius 2 is 2.00 bits per heavy atom.